The molecular formula is C15H22N2O2. The number of nitrogens with zero attached hydrogens (tertiary/aromatic N) is 2. The molecule has 1 aromatic rings. The fourth-order valence-electron chi connectivity index (χ4n) is 3.59. The Balaban J connectivity index is 1.80. The Kier molecular flexibility index (Phi) is 3.35. The van der Waals surface area contributed by atoms with Crippen LogP contribution in [0.5, 0.6) is 0 Å². The maximum absolute atomic E-state index is 12.6. The Labute approximate surface area is 114 Å². The second-order valence-corrected chi connectivity index (χ2v) is 5.83. The van der Waals surface area contributed by atoms with Crippen molar-refractivity contribution in [3.8, 4) is 0 Å². The van der Waals surface area contributed by atoms with Gasteiger partial charge in [0.25, 0.3) is 5.91 Å². The fraction of sp³-hybridized carbons (Fsp3) is 0.667. The summed E-state index contributed by atoms with van der Waals surface area (Å²) >= 11 is 0. The summed E-state index contributed by atoms with van der Waals surface area (Å²) in [5.74, 6) is 0.595. The maximum Gasteiger partial charge on any atom is 0.290 e. The van der Waals surface area contributed by atoms with E-state index in [1.165, 1.54) is 12.8 Å². The molecule has 2 atom stereocenters. The summed E-state index contributed by atoms with van der Waals surface area (Å²) in [4.78, 5) is 17.1. The van der Waals surface area contributed by atoms with Crippen LogP contribution in [-0.4, -0.2) is 47.9 Å². The SMILES string of the molecule is Cc1ccoc1C(=O)N1CCC[C@@H]1[C@@H]1CCCN1C. The van der Waals surface area contributed by atoms with Crippen LogP contribution in [-0.2, 0) is 0 Å². The number of amides is 1. The highest BCUT2D eigenvalue weighted by Crippen LogP contribution is 2.30. The molecule has 0 N–H and O–H groups in total. The molecule has 1 amide bonds. The molecule has 0 saturated carbocycles. The monoisotopic (exact) mass is 262 g/mol. The van der Waals surface area contributed by atoms with Crippen LogP contribution in [0, 0.1) is 6.92 Å². The van der Waals surface area contributed by atoms with Crippen molar-refractivity contribution in [2.24, 2.45) is 0 Å². The number of carbonyl (C=O) groups excluding carboxylic acids is 1. The first-order chi connectivity index (χ1) is 9.18. The minimum atomic E-state index is 0.0744. The molecule has 0 aliphatic carbocycles. The minimum Gasteiger partial charge on any atom is -0.459 e. The summed E-state index contributed by atoms with van der Waals surface area (Å²) in [5, 5.41) is 0. The molecule has 3 heterocycles. The summed E-state index contributed by atoms with van der Waals surface area (Å²) in [6.07, 6.45) is 6.30. The summed E-state index contributed by atoms with van der Waals surface area (Å²) in [5.41, 5.74) is 0.940. The van der Waals surface area contributed by atoms with Gasteiger partial charge in [-0.15, -0.1) is 0 Å². The summed E-state index contributed by atoms with van der Waals surface area (Å²) in [7, 11) is 2.18. The molecule has 0 spiro atoms. The Hall–Kier alpha value is -1.29. The first-order valence-corrected chi connectivity index (χ1v) is 7.24. The lowest BCUT2D eigenvalue weighted by molar-refractivity contribution is 0.0632. The van der Waals surface area contributed by atoms with E-state index in [1.807, 2.05) is 17.9 Å². The van der Waals surface area contributed by atoms with Gasteiger partial charge in [-0.05, 0) is 52.3 Å². The van der Waals surface area contributed by atoms with Crippen LogP contribution in [0.4, 0.5) is 0 Å². The molecule has 2 fully saturated rings. The van der Waals surface area contributed by atoms with Gasteiger partial charge in [-0.25, -0.2) is 0 Å². The van der Waals surface area contributed by atoms with E-state index in [-0.39, 0.29) is 5.91 Å². The van der Waals surface area contributed by atoms with E-state index in [9.17, 15) is 4.79 Å². The maximum atomic E-state index is 12.6. The Bertz CT molecular complexity index is 468. The van der Waals surface area contributed by atoms with Crippen molar-refractivity contribution in [2.75, 3.05) is 20.1 Å². The van der Waals surface area contributed by atoms with Gasteiger partial charge in [-0.2, -0.15) is 0 Å². The van der Waals surface area contributed by atoms with E-state index in [1.54, 1.807) is 6.26 Å². The van der Waals surface area contributed by atoms with E-state index < -0.39 is 0 Å². The topological polar surface area (TPSA) is 36.7 Å². The van der Waals surface area contributed by atoms with Crippen molar-refractivity contribution in [1.82, 2.24) is 9.80 Å². The first kappa shape index (κ1) is 12.7. The van der Waals surface area contributed by atoms with Crippen LogP contribution in [0.3, 0.4) is 0 Å². The number of likely N-dealkylation sites (tertiary alicyclic amines) is 2. The lowest BCUT2D eigenvalue weighted by Gasteiger charge is -2.32. The number of hydrogen-bond acceptors (Lipinski definition) is 3. The van der Waals surface area contributed by atoms with Crippen LogP contribution in [0.25, 0.3) is 0 Å². The van der Waals surface area contributed by atoms with Crippen LogP contribution >= 0.6 is 0 Å². The van der Waals surface area contributed by atoms with Crippen molar-refractivity contribution in [2.45, 2.75) is 44.7 Å². The second-order valence-electron chi connectivity index (χ2n) is 5.83. The molecule has 0 bridgehead atoms. The molecule has 4 heteroatoms. The normalized spacial score (nSPS) is 28.2. The molecule has 2 aliphatic heterocycles. The Morgan fingerprint density at radius 3 is 2.63 bits per heavy atom. The number of hydrogen-bond donors (Lipinski definition) is 0. The molecular weight excluding hydrogens is 240 g/mol. The first-order valence-electron chi connectivity index (χ1n) is 7.24. The zero-order valence-corrected chi connectivity index (χ0v) is 11.8. The lowest BCUT2D eigenvalue weighted by Crippen LogP contribution is -2.47. The highest BCUT2D eigenvalue weighted by atomic mass is 16.3. The lowest BCUT2D eigenvalue weighted by atomic mass is 10.0. The predicted molar refractivity (Wildman–Crippen MR) is 73.2 cm³/mol. The van der Waals surface area contributed by atoms with E-state index in [4.69, 9.17) is 4.42 Å². The molecule has 0 aromatic carbocycles. The predicted octanol–water partition coefficient (Wildman–Crippen LogP) is 2.29. The van der Waals surface area contributed by atoms with E-state index >= 15 is 0 Å². The van der Waals surface area contributed by atoms with Gasteiger partial charge in [-0.3, -0.25) is 4.79 Å². The van der Waals surface area contributed by atoms with Gasteiger partial charge in [-0.1, -0.05) is 0 Å². The third-order valence-corrected chi connectivity index (χ3v) is 4.64. The van der Waals surface area contributed by atoms with Crippen molar-refractivity contribution >= 4 is 5.91 Å². The molecule has 3 rings (SSSR count). The standard InChI is InChI=1S/C15H22N2O2/c1-11-7-10-19-14(11)15(18)17-9-4-6-13(17)12-5-3-8-16(12)2/h7,10,12-13H,3-6,8-9H2,1-2H3/t12-,13+/m0/s1. The molecule has 104 valence electrons. The van der Waals surface area contributed by atoms with Crippen molar-refractivity contribution in [1.29, 1.82) is 0 Å². The van der Waals surface area contributed by atoms with Gasteiger partial charge in [0.2, 0.25) is 0 Å². The smallest absolute Gasteiger partial charge is 0.290 e. The van der Waals surface area contributed by atoms with E-state index in [0.717, 1.165) is 31.5 Å². The number of aryl methyl sites for hydroxylation is 1. The summed E-state index contributed by atoms with van der Waals surface area (Å²) in [6.45, 7) is 3.96. The van der Waals surface area contributed by atoms with Crippen LogP contribution in [0.1, 0.15) is 41.8 Å². The van der Waals surface area contributed by atoms with Crippen molar-refractivity contribution in [3.63, 3.8) is 0 Å². The van der Waals surface area contributed by atoms with Gasteiger partial charge >= 0.3 is 0 Å². The van der Waals surface area contributed by atoms with E-state index in [2.05, 4.69) is 11.9 Å². The molecule has 2 aliphatic rings. The highest BCUT2D eigenvalue weighted by Gasteiger charge is 2.39. The molecule has 1 aromatic heterocycles. The van der Waals surface area contributed by atoms with Crippen molar-refractivity contribution in [3.05, 3.63) is 23.7 Å². The fourth-order valence-corrected chi connectivity index (χ4v) is 3.59. The van der Waals surface area contributed by atoms with Crippen LogP contribution in [0.15, 0.2) is 16.7 Å². The van der Waals surface area contributed by atoms with Gasteiger partial charge in [0, 0.05) is 24.2 Å². The Morgan fingerprint density at radius 1 is 1.26 bits per heavy atom. The highest BCUT2D eigenvalue weighted by molar-refractivity contribution is 5.93. The summed E-state index contributed by atoms with van der Waals surface area (Å²) < 4.78 is 5.37. The minimum absolute atomic E-state index is 0.0744. The molecule has 4 nitrogen and oxygen atoms in total. The Morgan fingerprint density at radius 2 is 2.00 bits per heavy atom. The van der Waals surface area contributed by atoms with E-state index in [0.29, 0.717) is 17.8 Å². The van der Waals surface area contributed by atoms with Gasteiger partial charge in [0.15, 0.2) is 5.76 Å². The molecule has 0 radical (unpaired) electrons. The number of rotatable bonds is 2. The summed E-state index contributed by atoms with van der Waals surface area (Å²) in [6, 6.07) is 2.76. The zero-order valence-electron chi connectivity index (χ0n) is 11.8. The number of likely N-dealkylation sites (N-methyl/N-ethyl adjacent to an activating group) is 1. The zero-order chi connectivity index (χ0) is 13.4. The van der Waals surface area contributed by atoms with Crippen molar-refractivity contribution < 1.29 is 9.21 Å². The van der Waals surface area contributed by atoms with Gasteiger partial charge in [0.1, 0.15) is 0 Å². The number of carbonyl (C=O) groups is 1. The molecule has 2 saturated heterocycles. The third kappa shape index (κ3) is 2.18. The quantitative estimate of drug-likeness (QED) is 0.820. The third-order valence-electron chi connectivity index (χ3n) is 4.64. The second kappa shape index (κ2) is 5.00. The average molecular weight is 262 g/mol. The van der Waals surface area contributed by atoms with Gasteiger partial charge < -0.3 is 14.2 Å². The molecule has 0 unspecified atom stereocenters. The van der Waals surface area contributed by atoms with Crippen LogP contribution < -0.4 is 0 Å². The van der Waals surface area contributed by atoms with Gasteiger partial charge in [0.05, 0.1) is 6.26 Å². The average Bonchev–Trinajstić information content (AvgIpc) is 3.07. The number of furan rings is 1. The molecule has 19 heavy (non-hydrogen) atoms. The van der Waals surface area contributed by atoms with Crippen LogP contribution in [0.2, 0.25) is 0 Å². The largest absolute Gasteiger partial charge is 0.459 e.